The minimum absolute atomic E-state index is 0.00247. The minimum Gasteiger partial charge on any atom is -0.490 e. The number of carbonyl (C=O) groups excluding carboxylic acids is 1. The fourth-order valence-corrected chi connectivity index (χ4v) is 3.19. The van der Waals surface area contributed by atoms with Crippen molar-refractivity contribution in [2.75, 3.05) is 6.61 Å². The summed E-state index contributed by atoms with van der Waals surface area (Å²) in [6.07, 6.45) is 1.39. The number of benzene rings is 2. The molecule has 12 heteroatoms. The highest BCUT2D eigenvalue weighted by atomic mass is 16.6. The molecule has 0 saturated heterocycles. The molecule has 1 amide bonds. The van der Waals surface area contributed by atoms with E-state index in [-0.39, 0.29) is 23.8 Å². The number of carboxylic acid groups (broad SMARTS) is 1. The predicted octanol–water partition coefficient (Wildman–Crippen LogP) is 4.37. The molecule has 2 aromatic carbocycles. The zero-order chi connectivity index (χ0) is 25.7. The van der Waals surface area contributed by atoms with Crippen molar-refractivity contribution in [3.8, 4) is 11.5 Å². The number of hydrazone groups is 1. The molecule has 184 valence electrons. The van der Waals surface area contributed by atoms with Crippen molar-refractivity contribution in [1.82, 2.24) is 5.43 Å². The molecule has 12 nitrogen and oxygen atoms in total. The number of aromatic carboxylic acids is 1. The van der Waals surface area contributed by atoms with Crippen molar-refractivity contribution < 1.29 is 37.9 Å². The number of nitro benzene ring substituents is 1. The number of hydrogen-bond acceptors (Lipinski definition) is 9. The van der Waals surface area contributed by atoms with Crippen LogP contribution in [0.25, 0.3) is 11.0 Å². The van der Waals surface area contributed by atoms with E-state index in [4.69, 9.17) is 23.4 Å². The maximum Gasteiger partial charge on any atom is 0.371 e. The first kappa shape index (κ1) is 24.0. The number of non-ortho nitro benzene ring substituents is 1. The number of fused-ring (bicyclic) bond motifs is 1. The van der Waals surface area contributed by atoms with Crippen molar-refractivity contribution in [1.29, 1.82) is 0 Å². The van der Waals surface area contributed by atoms with Crippen LogP contribution in [0.4, 0.5) is 5.69 Å². The number of ether oxygens (including phenoxy) is 2. The summed E-state index contributed by atoms with van der Waals surface area (Å²) in [7, 11) is 0. The minimum atomic E-state index is -1.17. The Hall–Kier alpha value is -5.13. The van der Waals surface area contributed by atoms with Gasteiger partial charge in [0.2, 0.25) is 5.76 Å². The van der Waals surface area contributed by atoms with Gasteiger partial charge < -0.3 is 23.4 Å². The molecule has 0 aliphatic carbocycles. The van der Waals surface area contributed by atoms with E-state index >= 15 is 0 Å². The Morgan fingerprint density at radius 1 is 1.06 bits per heavy atom. The summed E-state index contributed by atoms with van der Waals surface area (Å²) >= 11 is 0. The molecule has 0 aliphatic heterocycles. The summed E-state index contributed by atoms with van der Waals surface area (Å²) in [6, 6.07) is 13.2. The fraction of sp³-hybridized carbons (Fsp3) is 0.125. The molecule has 0 aliphatic rings. The van der Waals surface area contributed by atoms with Crippen molar-refractivity contribution in [2.45, 2.75) is 13.5 Å². The molecule has 36 heavy (non-hydrogen) atoms. The second kappa shape index (κ2) is 10.4. The lowest BCUT2D eigenvalue weighted by Gasteiger charge is -2.11. The molecule has 4 aromatic rings. The summed E-state index contributed by atoms with van der Waals surface area (Å²) in [5.41, 5.74) is 3.16. The van der Waals surface area contributed by atoms with Gasteiger partial charge in [0.15, 0.2) is 17.3 Å². The highest BCUT2D eigenvalue weighted by Gasteiger charge is 2.15. The van der Waals surface area contributed by atoms with Crippen molar-refractivity contribution >= 4 is 34.7 Å². The monoisotopic (exact) mass is 493 g/mol. The zero-order valence-corrected chi connectivity index (χ0v) is 18.8. The highest BCUT2D eigenvalue weighted by molar-refractivity contribution is 5.97. The van der Waals surface area contributed by atoms with Gasteiger partial charge in [-0.25, -0.2) is 10.2 Å². The van der Waals surface area contributed by atoms with Gasteiger partial charge in [-0.05, 0) is 55.0 Å². The van der Waals surface area contributed by atoms with Crippen LogP contribution >= 0.6 is 0 Å². The molecule has 2 heterocycles. The van der Waals surface area contributed by atoms with Gasteiger partial charge in [0.05, 0.1) is 17.7 Å². The molecule has 0 unspecified atom stereocenters. The molecule has 0 atom stereocenters. The van der Waals surface area contributed by atoms with Crippen LogP contribution in [-0.2, 0) is 6.61 Å². The van der Waals surface area contributed by atoms with E-state index in [1.807, 2.05) is 0 Å². The van der Waals surface area contributed by atoms with Gasteiger partial charge in [-0.1, -0.05) is 0 Å². The highest BCUT2D eigenvalue weighted by Crippen LogP contribution is 2.29. The molecule has 0 spiro atoms. The molecule has 4 rings (SSSR count). The van der Waals surface area contributed by atoms with Crippen molar-refractivity contribution in [3.05, 3.63) is 87.6 Å². The summed E-state index contributed by atoms with van der Waals surface area (Å²) in [5.74, 6) is -0.880. The van der Waals surface area contributed by atoms with Crippen molar-refractivity contribution in [2.24, 2.45) is 5.10 Å². The Morgan fingerprint density at radius 3 is 2.61 bits per heavy atom. The van der Waals surface area contributed by atoms with Gasteiger partial charge in [0.25, 0.3) is 5.69 Å². The molecule has 0 bridgehead atoms. The first-order valence-electron chi connectivity index (χ1n) is 10.6. The SMILES string of the molecule is CCOc1cc(C=NNC(=O)c2cc3cc([N+](=O)[O-])ccc3o2)ccc1OCc1ccc(C(=O)O)o1. The molecule has 0 saturated carbocycles. The average Bonchev–Trinajstić information content (AvgIpc) is 3.50. The normalized spacial score (nSPS) is 11.0. The number of nitro groups is 1. The van der Waals surface area contributed by atoms with Gasteiger partial charge in [0.1, 0.15) is 18.0 Å². The summed E-state index contributed by atoms with van der Waals surface area (Å²) in [4.78, 5) is 33.7. The smallest absolute Gasteiger partial charge is 0.371 e. The van der Waals surface area contributed by atoms with Crippen LogP contribution in [-0.4, -0.2) is 34.7 Å². The second-order valence-electron chi connectivity index (χ2n) is 7.29. The number of hydrogen-bond donors (Lipinski definition) is 2. The third-order valence-electron chi connectivity index (χ3n) is 4.82. The Morgan fingerprint density at radius 2 is 1.89 bits per heavy atom. The standard InChI is InChI=1S/C24H19N3O9/c1-2-33-21-9-14(3-6-19(21)34-13-17-5-8-20(35-17)24(29)30)12-25-26-23(28)22-11-15-10-16(27(31)32)4-7-18(15)36-22/h3-12H,2,13H2,1H3,(H,26,28)(H,29,30). The average molecular weight is 493 g/mol. The predicted molar refractivity (Wildman–Crippen MR) is 126 cm³/mol. The number of carbonyl (C=O) groups is 2. The maximum atomic E-state index is 12.4. The van der Waals surface area contributed by atoms with E-state index in [2.05, 4.69) is 10.5 Å². The maximum absolute atomic E-state index is 12.4. The number of furan rings is 2. The molecular formula is C24H19N3O9. The van der Waals surface area contributed by atoms with Crippen LogP contribution in [0.5, 0.6) is 11.5 Å². The molecule has 2 aromatic heterocycles. The van der Waals surface area contributed by atoms with Crippen LogP contribution in [0.3, 0.4) is 0 Å². The molecule has 0 radical (unpaired) electrons. The quantitative estimate of drug-likeness (QED) is 0.185. The first-order valence-corrected chi connectivity index (χ1v) is 10.6. The van der Waals surface area contributed by atoms with Crippen LogP contribution in [0.2, 0.25) is 0 Å². The van der Waals surface area contributed by atoms with E-state index in [0.29, 0.717) is 40.4 Å². The molecular weight excluding hydrogens is 474 g/mol. The second-order valence-corrected chi connectivity index (χ2v) is 7.29. The Balaban J connectivity index is 1.41. The number of nitrogens with zero attached hydrogens (tertiary/aromatic N) is 2. The largest absolute Gasteiger partial charge is 0.490 e. The topological polar surface area (TPSA) is 167 Å². The summed E-state index contributed by atoms with van der Waals surface area (Å²) in [6.45, 7) is 2.16. The van der Waals surface area contributed by atoms with Crippen LogP contribution in [0, 0.1) is 10.1 Å². The third-order valence-corrected chi connectivity index (χ3v) is 4.82. The summed E-state index contributed by atoms with van der Waals surface area (Å²) < 4.78 is 21.9. The zero-order valence-electron chi connectivity index (χ0n) is 18.8. The number of rotatable bonds is 10. The Labute approximate surface area is 202 Å². The van der Waals surface area contributed by atoms with E-state index in [1.54, 1.807) is 25.1 Å². The molecule has 2 N–H and O–H groups in total. The summed E-state index contributed by atoms with van der Waals surface area (Å²) in [5, 5.41) is 24.2. The third kappa shape index (κ3) is 5.50. The van der Waals surface area contributed by atoms with E-state index in [0.717, 1.165) is 0 Å². The van der Waals surface area contributed by atoms with Gasteiger partial charge in [-0.2, -0.15) is 5.10 Å². The number of nitrogens with one attached hydrogen (secondary N) is 1. The van der Waals surface area contributed by atoms with E-state index < -0.39 is 16.8 Å². The van der Waals surface area contributed by atoms with E-state index in [1.165, 1.54) is 42.6 Å². The van der Waals surface area contributed by atoms with Gasteiger partial charge in [-0.15, -0.1) is 0 Å². The number of amides is 1. The number of carboxylic acids is 1. The van der Waals surface area contributed by atoms with Gasteiger partial charge >= 0.3 is 11.9 Å². The van der Waals surface area contributed by atoms with Crippen LogP contribution in [0.15, 0.2) is 68.5 Å². The lowest BCUT2D eigenvalue weighted by Crippen LogP contribution is -2.16. The van der Waals surface area contributed by atoms with Crippen LogP contribution in [0.1, 0.15) is 39.4 Å². The lowest BCUT2D eigenvalue weighted by atomic mass is 10.2. The van der Waals surface area contributed by atoms with Gasteiger partial charge in [-0.3, -0.25) is 14.9 Å². The van der Waals surface area contributed by atoms with Crippen LogP contribution < -0.4 is 14.9 Å². The first-order chi connectivity index (χ1) is 17.3. The Bertz CT molecular complexity index is 1470. The fourth-order valence-electron chi connectivity index (χ4n) is 3.19. The van der Waals surface area contributed by atoms with Crippen molar-refractivity contribution in [3.63, 3.8) is 0 Å². The Kier molecular flexibility index (Phi) is 6.95. The van der Waals surface area contributed by atoms with Gasteiger partial charge in [0, 0.05) is 17.5 Å². The molecule has 0 fully saturated rings. The lowest BCUT2D eigenvalue weighted by molar-refractivity contribution is -0.384. The van der Waals surface area contributed by atoms with E-state index in [9.17, 15) is 19.7 Å².